The predicted octanol–water partition coefficient (Wildman–Crippen LogP) is 5.71. The summed E-state index contributed by atoms with van der Waals surface area (Å²) in [5.41, 5.74) is 1.85. The summed E-state index contributed by atoms with van der Waals surface area (Å²) in [6.07, 6.45) is 7.84. The van der Waals surface area contributed by atoms with Crippen LogP contribution in [0.15, 0.2) is 29.6 Å². The highest BCUT2D eigenvalue weighted by Crippen LogP contribution is 2.31. The molecule has 248 valence electrons. The number of hydrogen-bond acceptors (Lipinski definition) is 7. The van der Waals surface area contributed by atoms with Gasteiger partial charge >= 0.3 is 6.09 Å². The molecule has 45 heavy (non-hydrogen) atoms. The molecular formula is C34H50ClN5O4S. The summed E-state index contributed by atoms with van der Waals surface area (Å²) >= 11 is 8.06. The van der Waals surface area contributed by atoms with Crippen LogP contribution in [0, 0.1) is 13.8 Å². The molecule has 11 heteroatoms. The highest BCUT2D eigenvalue weighted by atomic mass is 35.5. The first-order valence-corrected chi connectivity index (χ1v) is 17.5. The third kappa shape index (κ3) is 9.44. The van der Waals surface area contributed by atoms with Crippen molar-refractivity contribution in [2.24, 2.45) is 0 Å². The van der Waals surface area contributed by atoms with E-state index in [2.05, 4.69) is 36.3 Å². The number of thiophene rings is 1. The summed E-state index contributed by atoms with van der Waals surface area (Å²) < 4.78 is 5.72. The lowest BCUT2D eigenvalue weighted by molar-refractivity contribution is -0.148. The second-order valence-corrected chi connectivity index (χ2v) is 14.2. The van der Waals surface area contributed by atoms with Gasteiger partial charge in [0.1, 0.15) is 6.04 Å². The first-order chi connectivity index (χ1) is 21.6. The molecule has 1 aromatic carbocycles. The number of unbranched alkanes of at least 4 members (excludes halogenated alkanes) is 1. The molecule has 0 spiro atoms. The van der Waals surface area contributed by atoms with Crippen molar-refractivity contribution in [3.63, 3.8) is 0 Å². The lowest BCUT2D eigenvalue weighted by atomic mass is 9.92. The lowest BCUT2D eigenvalue weighted by Gasteiger charge is -2.44. The molecule has 1 N–H and O–H groups in total. The van der Waals surface area contributed by atoms with E-state index >= 15 is 0 Å². The number of nitrogens with zero attached hydrogens (tertiary/aromatic N) is 4. The van der Waals surface area contributed by atoms with Gasteiger partial charge in [0.15, 0.2) is 5.75 Å². The van der Waals surface area contributed by atoms with Gasteiger partial charge in [-0.3, -0.25) is 14.5 Å². The number of rotatable bonds is 12. The third-order valence-corrected chi connectivity index (χ3v) is 10.7. The quantitative estimate of drug-likeness (QED) is 0.294. The maximum Gasteiger partial charge on any atom is 0.415 e. The number of piperazine rings is 1. The van der Waals surface area contributed by atoms with E-state index in [0.29, 0.717) is 17.6 Å². The maximum atomic E-state index is 14.5. The van der Waals surface area contributed by atoms with Gasteiger partial charge in [0.05, 0.1) is 24.2 Å². The first-order valence-electron chi connectivity index (χ1n) is 16.3. The van der Waals surface area contributed by atoms with Crippen molar-refractivity contribution in [3.8, 4) is 5.75 Å². The summed E-state index contributed by atoms with van der Waals surface area (Å²) in [6.45, 7) is 5.73. The fraction of sp³-hybridized carbons (Fsp3) is 0.618. The number of hydrogen-bond donors (Lipinski definition) is 1. The third-order valence-electron chi connectivity index (χ3n) is 9.32. The monoisotopic (exact) mass is 659 g/mol. The van der Waals surface area contributed by atoms with Gasteiger partial charge in [0, 0.05) is 24.0 Å². The van der Waals surface area contributed by atoms with Crippen molar-refractivity contribution < 1.29 is 19.1 Å². The molecule has 1 aliphatic carbocycles. The van der Waals surface area contributed by atoms with Crippen molar-refractivity contribution in [1.29, 1.82) is 0 Å². The fourth-order valence-corrected chi connectivity index (χ4v) is 7.23. The van der Waals surface area contributed by atoms with Crippen LogP contribution in [0.3, 0.4) is 0 Å². The molecule has 2 fully saturated rings. The van der Waals surface area contributed by atoms with Gasteiger partial charge in [0.2, 0.25) is 11.8 Å². The highest BCUT2D eigenvalue weighted by molar-refractivity contribution is 7.09. The van der Waals surface area contributed by atoms with Gasteiger partial charge in [0.25, 0.3) is 0 Å². The Bertz CT molecular complexity index is 1280. The van der Waals surface area contributed by atoms with Crippen molar-refractivity contribution in [2.75, 3.05) is 47.3 Å². The van der Waals surface area contributed by atoms with Gasteiger partial charge in [-0.1, -0.05) is 49.4 Å². The molecule has 4 rings (SSSR count). The average Bonchev–Trinajstić information content (AvgIpc) is 3.57. The molecular weight excluding hydrogens is 610 g/mol. The minimum absolute atomic E-state index is 0.0329. The average molecular weight is 660 g/mol. The summed E-state index contributed by atoms with van der Waals surface area (Å²) in [6, 6.07) is 6.66. The number of aryl methyl sites for hydroxylation is 1. The Morgan fingerprint density at radius 1 is 1.07 bits per heavy atom. The summed E-state index contributed by atoms with van der Waals surface area (Å²) in [5, 5.41) is 5.39. The van der Waals surface area contributed by atoms with Crippen molar-refractivity contribution in [2.45, 2.75) is 89.9 Å². The highest BCUT2D eigenvalue weighted by Gasteiger charge is 2.41. The summed E-state index contributed by atoms with van der Waals surface area (Å²) in [7, 11) is 6.21. The van der Waals surface area contributed by atoms with Crippen LogP contribution in [0.5, 0.6) is 5.75 Å². The van der Waals surface area contributed by atoms with E-state index < -0.39 is 12.1 Å². The Morgan fingerprint density at radius 2 is 1.82 bits per heavy atom. The molecule has 3 amide bonds. The van der Waals surface area contributed by atoms with Crippen molar-refractivity contribution in [3.05, 3.63) is 50.7 Å². The van der Waals surface area contributed by atoms with Crippen molar-refractivity contribution >= 4 is 40.8 Å². The van der Waals surface area contributed by atoms with E-state index in [-0.39, 0.29) is 43.2 Å². The zero-order valence-corrected chi connectivity index (χ0v) is 29.1. The number of ether oxygens (including phenoxy) is 1. The fourth-order valence-electron chi connectivity index (χ4n) is 6.34. The van der Waals surface area contributed by atoms with Crippen LogP contribution in [-0.2, 0) is 16.1 Å². The molecule has 1 saturated heterocycles. The summed E-state index contributed by atoms with van der Waals surface area (Å²) in [4.78, 5) is 50.3. The largest absolute Gasteiger partial charge is 0.415 e. The van der Waals surface area contributed by atoms with Crippen LogP contribution >= 0.6 is 22.9 Å². The molecule has 0 unspecified atom stereocenters. The molecule has 1 aromatic heterocycles. The first kappa shape index (κ1) is 35.2. The van der Waals surface area contributed by atoms with Crippen LogP contribution in [-0.4, -0.2) is 103 Å². The van der Waals surface area contributed by atoms with Crippen molar-refractivity contribution in [1.82, 2.24) is 24.9 Å². The second-order valence-electron chi connectivity index (χ2n) is 12.8. The van der Waals surface area contributed by atoms with E-state index in [4.69, 9.17) is 16.3 Å². The molecule has 2 atom stereocenters. The topological polar surface area (TPSA) is 85.4 Å². The van der Waals surface area contributed by atoms with Gasteiger partial charge in [-0.15, -0.1) is 11.3 Å². The van der Waals surface area contributed by atoms with E-state index in [1.165, 1.54) is 24.2 Å². The van der Waals surface area contributed by atoms with E-state index in [1.54, 1.807) is 22.3 Å². The minimum atomic E-state index is -0.835. The molecule has 0 bridgehead atoms. The Labute approximate surface area is 277 Å². The van der Waals surface area contributed by atoms with Gasteiger partial charge in [-0.2, -0.15) is 0 Å². The molecule has 2 aliphatic rings. The zero-order valence-electron chi connectivity index (χ0n) is 27.5. The number of carbonyl (C=O) groups is 3. The van der Waals surface area contributed by atoms with Crippen LogP contribution < -0.4 is 10.1 Å². The number of halogens is 1. The van der Waals surface area contributed by atoms with E-state index in [0.717, 1.165) is 54.7 Å². The molecule has 9 nitrogen and oxygen atoms in total. The van der Waals surface area contributed by atoms with E-state index in [1.807, 2.05) is 37.4 Å². The minimum Gasteiger partial charge on any atom is -0.409 e. The SMILES string of the molecule is Cc1ccc(OC(=O)N2CCN(C(=O)[C@@H](CCCCN(C)C)N(C)C3CCCCC3)[C@H](C(=O)NCc3cccs3)C2)c(Cl)c1C. The smallest absolute Gasteiger partial charge is 0.409 e. The lowest BCUT2D eigenvalue weighted by Crippen LogP contribution is -2.64. The standard InChI is InChI=1S/C34H50ClN5O4S/c1-24-16-17-30(31(35)25(24)2)44-34(43)39-19-20-40(29(23-39)32(41)36-22-27-14-11-21-45-27)33(42)28(15-9-10-18-37(3)4)38(5)26-12-7-6-8-13-26/h11,14,16-17,21,26,28-29H,6-10,12-13,15,18-20,22-23H2,1-5H3,(H,36,41)/t28-,29+/m1/s1. The Kier molecular flexibility index (Phi) is 13.1. The van der Waals surface area contributed by atoms with Crippen LogP contribution in [0.25, 0.3) is 0 Å². The second kappa shape index (κ2) is 16.8. The molecule has 0 radical (unpaired) electrons. The van der Waals surface area contributed by atoms with Crippen LogP contribution in [0.1, 0.15) is 67.4 Å². The molecule has 2 aromatic rings. The maximum absolute atomic E-state index is 14.5. The van der Waals surface area contributed by atoms with Crippen LogP contribution in [0.4, 0.5) is 4.79 Å². The molecule has 1 saturated carbocycles. The number of likely N-dealkylation sites (N-methyl/N-ethyl adjacent to an activating group) is 1. The van der Waals surface area contributed by atoms with Crippen LogP contribution in [0.2, 0.25) is 5.02 Å². The number of nitrogens with one attached hydrogen (secondary N) is 1. The number of amides is 3. The number of carbonyl (C=O) groups excluding carboxylic acids is 3. The van der Waals surface area contributed by atoms with Gasteiger partial charge < -0.3 is 24.8 Å². The van der Waals surface area contributed by atoms with Gasteiger partial charge in [-0.05, 0) is 95.9 Å². The number of benzene rings is 1. The van der Waals surface area contributed by atoms with Gasteiger partial charge in [-0.25, -0.2) is 4.79 Å². The predicted molar refractivity (Wildman–Crippen MR) is 181 cm³/mol. The zero-order chi connectivity index (χ0) is 32.5. The molecule has 2 heterocycles. The summed E-state index contributed by atoms with van der Waals surface area (Å²) in [5.74, 6) is -0.0200. The normalized spacial score (nSPS) is 18.4. The Balaban J connectivity index is 1.54. The van der Waals surface area contributed by atoms with E-state index in [9.17, 15) is 14.4 Å². The Morgan fingerprint density at radius 3 is 2.51 bits per heavy atom. The Hall–Kier alpha value is -2.66. The molecule has 1 aliphatic heterocycles.